The molecule has 1 aliphatic carbocycles. The largest absolute Gasteiger partial charge is 0.396 e. The fourth-order valence-electron chi connectivity index (χ4n) is 2.82. The lowest BCUT2D eigenvalue weighted by molar-refractivity contribution is -0.117. The average molecular weight is 276 g/mol. The molecule has 0 heterocycles. The maximum absolute atomic E-state index is 12.0. The van der Waals surface area contributed by atoms with Crippen LogP contribution in [-0.4, -0.2) is 30.2 Å². The van der Waals surface area contributed by atoms with Crippen molar-refractivity contribution < 1.29 is 9.90 Å². The van der Waals surface area contributed by atoms with Gasteiger partial charge in [0.2, 0.25) is 5.91 Å². The Hall–Kier alpha value is -1.39. The SMILES string of the molecule is CC(NCC1CCCC1CO)C(=O)Nc1ccccc1. The predicted molar refractivity (Wildman–Crippen MR) is 80.5 cm³/mol. The molecule has 4 nitrogen and oxygen atoms in total. The topological polar surface area (TPSA) is 61.4 Å². The summed E-state index contributed by atoms with van der Waals surface area (Å²) in [5.41, 5.74) is 0.820. The molecule has 2 rings (SSSR count). The number of anilines is 1. The minimum absolute atomic E-state index is 0.0188. The number of carbonyl (C=O) groups is 1. The first-order valence-corrected chi connectivity index (χ1v) is 7.41. The van der Waals surface area contributed by atoms with Crippen LogP contribution in [0.5, 0.6) is 0 Å². The number of carbonyl (C=O) groups excluding carboxylic acids is 1. The van der Waals surface area contributed by atoms with Crippen molar-refractivity contribution >= 4 is 11.6 Å². The van der Waals surface area contributed by atoms with Crippen molar-refractivity contribution in [3.05, 3.63) is 30.3 Å². The van der Waals surface area contributed by atoms with Gasteiger partial charge in [-0.3, -0.25) is 4.79 Å². The number of nitrogens with one attached hydrogen (secondary N) is 2. The van der Waals surface area contributed by atoms with Crippen LogP contribution in [-0.2, 0) is 4.79 Å². The number of hydrogen-bond donors (Lipinski definition) is 3. The summed E-state index contributed by atoms with van der Waals surface area (Å²) in [5, 5.41) is 15.5. The quantitative estimate of drug-likeness (QED) is 0.745. The van der Waals surface area contributed by atoms with Crippen LogP contribution in [0.4, 0.5) is 5.69 Å². The number of benzene rings is 1. The van der Waals surface area contributed by atoms with Gasteiger partial charge in [-0.25, -0.2) is 0 Å². The molecule has 1 saturated carbocycles. The number of amides is 1. The van der Waals surface area contributed by atoms with Crippen LogP contribution in [0.3, 0.4) is 0 Å². The first-order valence-electron chi connectivity index (χ1n) is 7.41. The zero-order valence-corrected chi connectivity index (χ0v) is 12.0. The van der Waals surface area contributed by atoms with Crippen LogP contribution in [0.25, 0.3) is 0 Å². The number of para-hydroxylation sites is 1. The van der Waals surface area contributed by atoms with Crippen molar-refractivity contribution in [2.75, 3.05) is 18.5 Å². The van der Waals surface area contributed by atoms with Crippen LogP contribution in [0.1, 0.15) is 26.2 Å². The monoisotopic (exact) mass is 276 g/mol. The Kier molecular flexibility index (Phi) is 5.56. The highest BCUT2D eigenvalue weighted by molar-refractivity contribution is 5.94. The van der Waals surface area contributed by atoms with E-state index in [9.17, 15) is 9.90 Å². The van der Waals surface area contributed by atoms with Gasteiger partial charge >= 0.3 is 0 Å². The third-order valence-electron chi connectivity index (χ3n) is 4.17. The van der Waals surface area contributed by atoms with Gasteiger partial charge in [0.15, 0.2) is 0 Å². The molecule has 3 atom stereocenters. The second-order valence-corrected chi connectivity index (χ2v) is 5.62. The Morgan fingerprint density at radius 1 is 1.30 bits per heavy atom. The Balaban J connectivity index is 1.76. The van der Waals surface area contributed by atoms with Gasteiger partial charge in [-0.05, 0) is 50.3 Å². The highest BCUT2D eigenvalue weighted by atomic mass is 16.3. The summed E-state index contributed by atoms with van der Waals surface area (Å²) in [7, 11) is 0. The molecule has 1 aromatic rings. The number of aliphatic hydroxyl groups excluding tert-OH is 1. The van der Waals surface area contributed by atoms with Gasteiger partial charge < -0.3 is 15.7 Å². The first-order chi connectivity index (χ1) is 9.70. The van der Waals surface area contributed by atoms with E-state index in [1.807, 2.05) is 37.3 Å². The third-order valence-corrected chi connectivity index (χ3v) is 4.17. The first kappa shape index (κ1) is 15.0. The van der Waals surface area contributed by atoms with E-state index < -0.39 is 0 Å². The van der Waals surface area contributed by atoms with Gasteiger partial charge in [0, 0.05) is 12.3 Å². The Labute approximate surface area is 120 Å². The summed E-state index contributed by atoms with van der Waals surface area (Å²) in [6, 6.07) is 9.25. The molecule has 1 fully saturated rings. The van der Waals surface area contributed by atoms with E-state index in [0.29, 0.717) is 11.8 Å². The summed E-state index contributed by atoms with van der Waals surface area (Å²) < 4.78 is 0. The summed E-state index contributed by atoms with van der Waals surface area (Å²) in [6.07, 6.45) is 3.43. The minimum Gasteiger partial charge on any atom is -0.396 e. The van der Waals surface area contributed by atoms with Crippen molar-refractivity contribution in [1.82, 2.24) is 5.32 Å². The molecule has 0 radical (unpaired) electrons. The fraction of sp³-hybridized carbons (Fsp3) is 0.562. The second-order valence-electron chi connectivity index (χ2n) is 5.62. The molecule has 4 heteroatoms. The van der Waals surface area contributed by atoms with Crippen LogP contribution >= 0.6 is 0 Å². The van der Waals surface area contributed by atoms with Crippen LogP contribution in [0.15, 0.2) is 30.3 Å². The lowest BCUT2D eigenvalue weighted by Gasteiger charge is -2.21. The zero-order valence-electron chi connectivity index (χ0n) is 12.0. The molecule has 20 heavy (non-hydrogen) atoms. The van der Waals surface area contributed by atoms with Gasteiger partial charge in [0.05, 0.1) is 6.04 Å². The lowest BCUT2D eigenvalue weighted by atomic mass is 9.97. The van der Waals surface area contributed by atoms with E-state index in [4.69, 9.17) is 0 Å². The summed E-state index contributed by atoms with van der Waals surface area (Å²) in [4.78, 5) is 12.0. The highest BCUT2D eigenvalue weighted by Gasteiger charge is 2.27. The van der Waals surface area contributed by atoms with Gasteiger partial charge in [0.25, 0.3) is 0 Å². The molecular formula is C16H24N2O2. The van der Waals surface area contributed by atoms with Crippen molar-refractivity contribution in [1.29, 1.82) is 0 Å². The molecule has 0 bridgehead atoms. The van der Waals surface area contributed by atoms with Crippen molar-refractivity contribution in [2.24, 2.45) is 11.8 Å². The summed E-state index contributed by atoms with van der Waals surface area (Å²) in [6.45, 7) is 2.94. The molecule has 0 saturated heterocycles. The maximum Gasteiger partial charge on any atom is 0.241 e. The van der Waals surface area contributed by atoms with E-state index in [1.54, 1.807) is 0 Å². The maximum atomic E-state index is 12.0. The van der Waals surface area contributed by atoms with E-state index in [-0.39, 0.29) is 18.6 Å². The Bertz CT molecular complexity index is 422. The molecular weight excluding hydrogens is 252 g/mol. The van der Waals surface area contributed by atoms with E-state index in [1.165, 1.54) is 6.42 Å². The van der Waals surface area contributed by atoms with E-state index in [0.717, 1.165) is 25.1 Å². The zero-order chi connectivity index (χ0) is 14.4. The van der Waals surface area contributed by atoms with E-state index >= 15 is 0 Å². The fourth-order valence-corrected chi connectivity index (χ4v) is 2.82. The van der Waals surface area contributed by atoms with Gasteiger partial charge in [-0.2, -0.15) is 0 Å². The van der Waals surface area contributed by atoms with Crippen LogP contribution in [0.2, 0.25) is 0 Å². The number of aliphatic hydroxyl groups is 1. The molecule has 1 amide bonds. The lowest BCUT2D eigenvalue weighted by Crippen LogP contribution is -2.41. The Morgan fingerprint density at radius 2 is 2.00 bits per heavy atom. The van der Waals surface area contributed by atoms with Gasteiger partial charge in [0.1, 0.15) is 0 Å². The molecule has 3 N–H and O–H groups in total. The minimum atomic E-state index is -0.227. The molecule has 110 valence electrons. The average Bonchev–Trinajstić information content (AvgIpc) is 2.93. The molecule has 3 unspecified atom stereocenters. The normalized spacial score (nSPS) is 23.5. The Morgan fingerprint density at radius 3 is 2.70 bits per heavy atom. The smallest absolute Gasteiger partial charge is 0.241 e. The highest BCUT2D eigenvalue weighted by Crippen LogP contribution is 2.30. The van der Waals surface area contributed by atoms with Crippen molar-refractivity contribution in [2.45, 2.75) is 32.2 Å². The standard InChI is InChI=1S/C16H24N2O2/c1-12(16(20)18-15-8-3-2-4-9-15)17-10-13-6-5-7-14(13)11-19/h2-4,8-9,12-14,17,19H,5-7,10-11H2,1H3,(H,18,20). The van der Waals surface area contributed by atoms with Crippen LogP contribution < -0.4 is 10.6 Å². The number of hydrogen-bond acceptors (Lipinski definition) is 3. The van der Waals surface area contributed by atoms with Crippen molar-refractivity contribution in [3.8, 4) is 0 Å². The molecule has 1 aromatic carbocycles. The van der Waals surface area contributed by atoms with Crippen LogP contribution in [0, 0.1) is 11.8 Å². The molecule has 0 aromatic heterocycles. The molecule has 0 aliphatic heterocycles. The number of rotatable bonds is 6. The molecule has 0 spiro atoms. The van der Waals surface area contributed by atoms with Crippen molar-refractivity contribution in [3.63, 3.8) is 0 Å². The van der Waals surface area contributed by atoms with Gasteiger partial charge in [-0.15, -0.1) is 0 Å². The predicted octanol–water partition coefficient (Wildman–Crippen LogP) is 2.01. The third kappa shape index (κ3) is 4.05. The second kappa shape index (κ2) is 7.41. The summed E-state index contributed by atoms with van der Waals surface area (Å²) >= 11 is 0. The summed E-state index contributed by atoms with van der Waals surface area (Å²) in [5.74, 6) is 0.869. The molecule has 1 aliphatic rings. The van der Waals surface area contributed by atoms with Gasteiger partial charge in [-0.1, -0.05) is 24.6 Å². The van der Waals surface area contributed by atoms with E-state index in [2.05, 4.69) is 10.6 Å².